The van der Waals surface area contributed by atoms with Gasteiger partial charge in [-0.2, -0.15) is 0 Å². The Kier molecular flexibility index (Phi) is 4.83. The summed E-state index contributed by atoms with van der Waals surface area (Å²) >= 11 is 0. The summed E-state index contributed by atoms with van der Waals surface area (Å²) in [5.74, 6) is 1.44. The van der Waals surface area contributed by atoms with Gasteiger partial charge < -0.3 is 24.3 Å². The molecule has 0 spiro atoms. The van der Waals surface area contributed by atoms with Crippen LogP contribution in [-0.2, 0) is 0 Å². The van der Waals surface area contributed by atoms with E-state index in [1.54, 1.807) is 50.6 Å². The van der Waals surface area contributed by atoms with Crippen LogP contribution in [0.2, 0.25) is 0 Å². The average Bonchev–Trinajstić information content (AvgIpc) is 2.74. The second kappa shape index (κ2) is 7.59. The van der Waals surface area contributed by atoms with Gasteiger partial charge in [-0.25, -0.2) is 4.79 Å². The highest BCUT2D eigenvalue weighted by Gasteiger charge is 2.17. The predicted molar refractivity (Wildman–Crippen MR) is 112 cm³/mol. The van der Waals surface area contributed by atoms with Crippen LogP contribution in [0.1, 0.15) is 0 Å². The molecule has 0 fully saturated rings. The minimum absolute atomic E-state index is 0.0215. The summed E-state index contributed by atoms with van der Waals surface area (Å²) in [6.45, 7) is 0. The lowest BCUT2D eigenvalue weighted by atomic mass is 10.0. The van der Waals surface area contributed by atoms with E-state index in [4.69, 9.17) is 13.9 Å². The summed E-state index contributed by atoms with van der Waals surface area (Å²) in [5.41, 5.74) is 2.23. The van der Waals surface area contributed by atoms with E-state index >= 15 is 0 Å². The number of nitrogens with one attached hydrogen (secondary N) is 1. The molecule has 4 rings (SSSR count). The van der Waals surface area contributed by atoms with Crippen molar-refractivity contribution in [3.63, 3.8) is 0 Å². The van der Waals surface area contributed by atoms with Crippen LogP contribution in [0.3, 0.4) is 0 Å². The van der Waals surface area contributed by atoms with Gasteiger partial charge in [0.15, 0.2) is 0 Å². The zero-order valence-corrected chi connectivity index (χ0v) is 15.9. The fourth-order valence-electron chi connectivity index (χ4n) is 3.16. The van der Waals surface area contributed by atoms with Gasteiger partial charge in [-0.05, 0) is 54.1 Å². The van der Waals surface area contributed by atoms with Gasteiger partial charge in [-0.1, -0.05) is 12.1 Å². The molecule has 1 aromatic heterocycles. The molecule has 3 aromatic carbocycles. The standard InChI is InChI=1S/C23H19NO5/c1-27-17-8-3-14(4-9-17)21-22(24-15-5-10-18(28-2)11-6-15)19-12-7-16(25)13-20(19)29-23(21)26/h3-13,24-25H,1-2H3. The SMILES string of the molecule is COc1ccc(Nc2c(-c3ccc(OC)cc3)c(=O)oc3cc(O)ccc23)cc1. The van der Waals surface area contributed by atoms with E-state index in [0.717, 1.165) is 11.4 Å². The molecule has 0 aliphatic carbocycles. The highest BCUT2D eigenvalue weighted by molar-refractivity contribution is 6.00. The molecule has 6 heteroatoms. The highest BCUT2D eigenvalue weighted by atomic mass is 16.5. The fourth-order valence-corrected chi connectivity index (χ4v) is 3.16. The molecule has 0 bridgehead atoms. The Balaban J connectivity index is 1.92. The normalized spacial score (nSPS) is 10.7. The molecular weight excluding hydrogens is 370 g/mol. The molecular formula is C23H19NO5. The summed E-state index contributed by atoms with van der Waals surface area (Å²) in [5, 5.41) is 13.8. The molecule has 0 saturated carbocycles. The van der Waals surface area contributed by atoms with Crippen molar-refractivity contribution < 1.29 is 19.0 Å². The number of ether oxygens (including phenoxy) is 2. The first kappa shape index (κ1) is 18.4. The summed E-state index contributed by atoms with van der Waals surface area (Å²) < 4.78 is 15.9. The first-order chi connectivity index (χ1) is 14.1. The molecule has 4 aromatic rings. The van der Waals surface area contributed by atoms with Gasteiger partial charge in [0.2, 0.25) is 0 Å². The smallest absolute Gasteiger partial charge is 0.346 e. The van der Waals surface area contributed by atoms with Crippen molar-refractivity contribution in [1.29, 1.82) is 0 Å². The number of phenols is 1. The van der Waals surface area contributed by atoms with Crippen LogP contribution in [-0.4, -0.2) is 19.3 Å². The number of phenolic OH excluding ortho intramolecular Hbond substituents is 1. The second-order valence-corrected chi connectivity index (χ2v) is 6.40. The van der Waals surface area contributed by atoms with Gasteiger partial charge in [-0.15, -0.1) is 0 Å². The molecule has 2 N–H and O–H groups in total. The Morgan fingerprint density at radius 3 is 2.10 bits per heavy atom. The van der Waals surface area contributed by atoms with Gasteiger partial charge in [0.25, 0.3) is 0 Å². The summed E-state index contributed by atoms with van der Waals surface area (Å²) in [7, 11) is 3.19. The number of aromatic hydroxyl groups is 1. The minimum atomic E-state index is -0.510. The lowest BCUT2D eigenvalue weighted by molar-refractivity contribution is 0.415. The molecule has 0 amide bonds. The zero-order valence-electron chi connectivity index (χ0n) is 15.9. The maximum atomic E-state index is 12.9. The molecule has 0 atom stereocenters. The Morgan fingerprint density at radius 1 is 0.862 bits per heavy atom. The quantitative estimate of drug-likeness (QED) is 0.471. The van der Waals surface area contributed by atoms with E-state index in [9.17, 15) is 9.90 Å². The van der Waals surface area contributed by atoms with Crippen LogP contribution < -0.4 is 20.4 Å². The lowest BCUT2D eigenvalue weighted by Crippen LogP contribution is -2.08. The van der Waals surface area contributed by atoms with Crippen LogP contribution in [0.4, 0.5) is 11.4 Å². The van der Waals surface area contributed by atoms with E-state index in [0.29, 0.717) is 33.5 Å². The van der Waals surface area contributed by atoms with Gasteiger partial charge in [0, 0.05) is 17.1 Å². The summed E-state index contributed by atoms with van der Waals surface area (Å²) in [6.07, 6.45) is 0. The van der Waals surface area contributed by atoms with Crippen LogP contribution in [0.5, 0.6) is 17.2 Å². The third-order valence-corrected chi connectivity index (χ3v) is 4.63. The van der Waals surface area contributed by atoms with Crippen LogP contribution in [0.15, 0.2) is 75.9 Å². The predicted octanol–water partition coefficient (Wildman–Crippen LogP) is 4.93. The Labute approximate surface area is 166 Å². The van der Waals surface area contributed by atoms with Crippen molar-refractivity contribution in [2.24, 2.45) is 0 Å². The van der Waals surface area contributed by atoms with E-state index in [-0.39, 0.29) is 5.75 Å². The number of rotatable bonds is 5. The summed E-state index contributed by atoms with van der Waals surface area (Å²) in [4.78, 5) is 12.9. The fraction of sp³-hybridized carbons (Fsp3) is 0.0870. The Morgan fingerprint density at radius 2 is 1.48 bits per heavy atom. The molecule has 0 radical (unpaired) electrons. The van der Waals surface area contributed by atoms with E-state index < -0.39 is 5.63 Å². The minimum Gasteiger partial charge on any atom is -0.508 e. The van der Waals surface area contributed by atoms with E-state index in [1.807, 2.05) is 24.3 Å². The topological polar surface area (TPSA) is 80.9 Å². The van der Waals surface area contributed by atoms with Gasteiger partial charge >= 0.3 is 5.63 Å². The number of methoxy groups -OCH3 is 2. The van der Waals surface area contributed by atoms with Crippen molar-refractivity contribution in [2.75, 3.05) is 19.5 Å². The first-order valence-corrected chi connectivity index (χ1v) is 8.94. The Bertz CT molecular complexity index is 1210. The maximum absolute atomic E-state index is 12.9. The molecule has 0 aliphatic rings. The highest BCUT2D eigenvalue weighted by Crippen LogP contribution is 2.36. The maximum Gasteiger partial charge on any atom is 0.346 e. The molecule has 0 aliphatic heterocycles. The van der Waals surface area contributed by atoms with Gasteiger partial charge in [-0.3, -0.25) is 0 Å². The molecule has 1 heterocycles. The van der Waals surface area contributed by atoms with Crippen molar-refractivity contribution in [1.82, 2.24) is 0 Å². The van der Waals surface area contributed by atoms with Crippen molar-refractivity contribution in [2.45, 2.75) is 0 Å². The molecule has 29 heavy (non-hydrogen) atoms. The van der Waals surface area contributed by atoms with E-state index in [2.05, 4.69) is 5.32 Å². The summed E-state index contributed by atoms with van der Waals surface area (Å²) in [6, 6.07) is 19.2. The average molecular weight is 389 g/mol. The number of hydrogen-bond acceptors (Lipinski definition) is 6. The van der Waals surface area contributed by atoms with Crippen molar-refractivity contribution in [3.8, 4) is 28.4 Å². The van der Waals surface area contributed by atoms with Gasteiger partial charge in [0.1, 0.15) is 22.8 Å². The number of benzene rings is 3. The third kappa shape index (κ3) is 3.60. The molecule has 6 nitrogen and oxygen atoms in total. The van der Waals surface area contributed by atoms with Crippen molar-refractivity contribution in [3.05, 3.63) is 77.2 Å². The zero-order chi connectivity index (χ0) is 20.4. The third-order valence-electron chi connectivity index (χ3n) is 4.63. The second-order valence-electron chi connectivity index (χ2n) is 6.40. The van der Waals surface area contributed by atoms with Crippen molar-refractivity contribution >= 4 is 22.3 Å². The number of hydrogen-bond donors (Lipinski definition) is 2. The van der Waals surface area contributed by atoms with Crippen LogP contribution in [0, 0.1) is 0 Å². The van der Waals surface area contributed by atoms with Gasteiger partial charge in [0.05, 0.1) is 25.5 Å². The number of fused-ring (bicyclic) bond motifs is 1. The van der Waals surface area contributed by atoms with Crippen LogP contribution >= 0.6 is 0 Å². The first-order valence-electron chi connectivity index (χ1n) is 8.94. The monoisotopic (exact) mass is 389 g/mol. The lowest BCUT2D eigenvalue weighted by Gasteiger charge is -2.15. The van der Waals surface area contributed by atoms with Crippen LogP contribution in [0.25, 0.3) is 22.1 Å². The number of anilines is 2. The largest absolute Gasteiger partial charge is 0.508 e. The molecule has 146 valence electrons. The van der Waals surface area contributed by atoms with E-state index in [1.165, 1.54) is 6.07 Å². The Hall–Kier alpha value is -3.93. The molecule has 0 saturated heterocycles. The molecule has 0 unspecified atom stereocenters.